The number of aromatic nitrogens is 2. The molecule has 3 N–H and O–H groups in total. The van der Waals surface area contributed by atoms with Crippen molar-refractivity contribution in [2.24, 2.45) is 0 Å². The predicted octanol–water partition coefficient (Wildman–Crippen LogP) is 0.543. The number of nitrogens with one attached hydrogen (secondary N) is 1. The fourth-order valence-corrected chi connectivity index (χ4v) is 2.36. The first-order valence-electron chi connectivity index (χ1n) is 6.57. The van der Waals surface area contributed by atoms with Crippen LogP contribution in [-0.4, -0.2) is 52.1 Å². The van der Waals surface area contributed by atoms with E-state index < -0.39 is 0 Å². The molecule has 0 bridgehead atoms. The van der Waals surface area contributed by atoms with Crippen molar-refractivity contribution in [3.05, 3.63) is 36.0 Å². The lowest BCUT2D eigenvalue weighted by atomic mass is 10.2. The Labute approximate surface area is 116 Å². The maximum absolute atomic E-state index is 12.2. The van der Waals surface area contributed by atoms with Gasteiger partial charge in [0.2, 0.25) is 0 Å². The molecule has 3 rings (SSSR count). The molecule has 0 spiro atoms. The number of aromatic amines is 1. The van der Waals surface area contributed by atoms with Gasteiger partial charge in [0.1, 0.15) is 11.5 Å². The number of amides is 1. The maximum Gasteiger partial charge on any atom is 0.274 e. The van der Waals surface area contributed by atoms with E-state index in [1.807, 2.05) is 12.1 Å². The molecule has 7 heteroatoms. The average Bonchev–Trinajstić information content (AvgIpc) is 3.10. The predicted molar refractivity (Wildman–Crippen MR) is 72.9 cm³/mol. The van der Waals surface area contributed by atoms with Crippen LogP contribution in [0.5, 0.6) is 0 Å². The van der Waals surface area contributed by atoms with Crippen LogP contribution in [0.2, 0.25) is 0 Å². The Hall–Kier alpha value is -2.28. The third-order valence-electron chi connectivity index (χ3n) is 3.50. The van der Waals surface area contributed by atoms with Crippen molar-refractivity contribution in [3.8, 4) is 0 Å². The van der Waals surface area contributed by atoms with Gasteiger partial charge in [0.15, 0.2) is 0 Å². The molecule has 0 aliphatic carbocycles. The van der Waals surface area contributed by atoms with Crippen molar-refractivity contribution < 1.29 is 9.21 Å². The summed E-state index contributed by atoms with van der Waals surface area (Å²) in [4.78, 5) is 16.3. The molecule has 0 unspecified atom stereocenters. The minimum Gasteiger partial charge on any atom is -0.468 e. The van der Waals surface area contributed by atoms with E-state index >= 15 is 0 Å². The quantitative estimate of drug-likeness (QED) is 0.853. The normalized spacial score (nSPS) is 16.5. The Morgan fingerprint density at radius 3 is 2.80 bits per heavy atom. The van der Waals surface area contributed by atoms with Gasteiger partial charge in [-0.3, -0.25) is 14.8 Å². The molecule has 0 radical (unpaired) electrons. The lowest BCUT2D eigenvalue weighted by Gasteiger charge is -2.34. The maximum atomic E-state index is 12.2. The zero-order chi connectivity index (χ0) is 13.9. The van der Waals surface area contributed by atoms with Crippen molar-refractivity contribution >= 4 is 11.6 Å². The highest BCUT2D eigenvalue weighted by Crippen LogP contribution is 2.13. The van der Waals surface area contributed by atoms with Crippen molar-refractivity contribution in [3.63, 3.8) is 0 Å². The van der Waals surface area contributed by atoms with Crippen LogP contribution in [0, 0.1) is 0 Å². The first-order chi connectivity index (χ1) is 9.74. The van der Waals surface area contributed by atoms with Crippen molar-refractivity contribution in [2.75, 3.05) is 31.9 Å². The van der Waals surface area contributed by atoms with E-state index in [0.717, 1.165) is 25.4 Å². The lowest BCUT2D eigenvalue weighted by molar-refractivity contribution is 0.0615. The molecule has 1 fully saturated rings. The second kappa shape index (κ2) is 5.38. The van der Waals surface area contributed by atoms with Gasteiger partial charge in [0.25, 0.3) is 5.91 Å². The molecule has 7 nitrogen and oxygen atoms in total. The number of nitrogen functional groups attached to an aromatic ring is 1. The summed E-state index contributed by atoms with van der Waals surface area (Å²) in [5.41, 5.74) is 6.48. The third kappa shape index (κ3) is 2.53. The standard InChI is InChI=1S/C13H17N5O2/c14-11-8-15-16-12(11)13(19)18-5-3-17(4-6-18)9-10-2-1-7-20-10/h1-2,7-8H,3-6,9,14H2,(H,15,16). The largest absolute Gasteiger partial charge is 0.468 e. The number of nitrogens with zero attached hydrogens (tertiary/aromatic N) is 3. The molecule has 0 saturated carbocycles. The molecule has 1 saturated heterocycles. The second-order valence-electron chi connectivity index (χ2n) is 4.85. The van der Waals surface area contributed by atoms with Gasteiger partial charge in [-0.25, -0.2) is 0 Å². The summed E-state index contributed by atoms with van der Waals surface area (Å²) in [6.07, 6.45) is 3.14. The van der Waals surface area contributed by atoms with Crippen LogP contribution in [-0.2, 0) is 6.54 Å². The molecular weight excluding hydrogens is 258 g/mol. The summed E-state index contributed by atoms with van der Waals surface area (Å²) in [6.45, 7) is 3.78. The van der Waals surface area contributed by atoms with Gasteiger partial charge in [0.05, 0.1) is 24.7 Å². The average molecular weight is 275 g/mol. The number of nitrogens with two attached hydrogens (primary N) is 1. The fraction of sp³-hybridized carbons (Fsp3) is 0.385. The monoisotopic (exact) mass is 275 g/mol. The number of carbonyl (C=O) groups is 1. The van der Waals surface area contributed by atoms with E-state index in [9.17, 15) is 4.79 Å². The van der Waals surface area contributed by atoms with Crippen LogP contribution in [0.3, 0.4) is 0 Å². The van der Waals surface area contributed by atoms with Gasteiger partial charge in [-0.1, -0.05) is 0 Å². The van der Waals surface area contributed by atoms with Gasteiger partial charge in [-0.15, -0.1) is 0 Å². The first-order valence-corrected chi connectivity index (χ1v) is 6.57. The van der Waals surface area contributed by atoms with Crippen molar-refractivity contribution in [1.82, 2.24) is 20.0 Å². The molecule has 2 aromatic heterocycles. The smallest absolute Gasteiger partial charge is 0.274 e. The van der Waals surface area contributed by atoms with Crippen LogP contribution in [0.25, 0.3) is 0 Å². The number of furan rings is 1. The topological polar surface area (TPSA) is 91.4 Å². The molecule has 0 aromatic carbocycles. The van der Waals surface area contributed by atoms with Gasteiger partial charge < -0.3 is 15.1 Å². The number of carbonyl (C=O) groups excluding carboxylic acids is 1. The number of hydrogen-bond donors (Lipinski definition) is 2. The molecule has 20 heavy (non-hydrogen) atoms. The Kier molecular flexibility index (Phi) is 3.42. The zero-order valence-corrected chi connectivity index (χ0v) is 11.1. The van der Waals surface area contributed by atoms with Crippen LogP contribution < -0.4 is 5.73 Å². The minimum absolute atomic E-state index is 0.0855. The van der Waals surface area contributed by atoms with E-state index in [-0.39, 0.29) is 5.91 Å². The summed E-state index contributed by atoms with van der Waals surface area (Å²) in [5, 5.41) is 6.44. The van der Waals surface area contributed by atoms with Crippen LogP contribution in [0.4, 0.5) is 5.69 Å². The van der Waals surface area contributed by atoms with Gasteiger partial charge in [-0.2, -0.15) is 5.10 Å². The Balaban J connectivity index is 1.56. The van der Waals surface area contributed by atoms with Crippen LogP contribution >= 0.6 is 0 Å². The summed E-state index contributed by atoms with van der Waals surface area (Å²) in [7, 11) is 0. The summed E-state index contributed by atoms with van der Waals surface area (Å²) < 4.78 is 5.33. The summed E-state index contributed by atoms with van der Waals surface area (Å²) >= 11 is 0. The Morgan fingerprint density at radius 1 is 1.40 bits per heavy atom. The summed E-state index contributed by atoms with van der Waals surface area (Å²) in [6, 6.07) is 3.85. The van der Waals surface area contributed by atoms with Crippen molar-refractivity contribution in [1.29, 1.82) is 0 Å². The molecular formula is C13H17N5O2. The van der Waals surface area contributed by atoms with Gasteiger partial charge in [-0.05, 0) is 12.1 Å². The number of hydrogen-bond acceptors (Lipinski definition) is 5. The molecule has 1 aliphatic rings. The van der Waals surface area contributed by atoms with Gasteiger partial charge in [0, 0.05) is 26.2 Å². The molecule has 2 aromatic rings. The number of piperazine rings is 1. The van der Waals surface area contributed by atoms with E-state index in [1.54, 1.807) is 11.2 Å². The van der Waals surface area contributed by atoms with Crippen LogP contribution in [0.1, 0.15) is 16.2 Å². The molecule has 0 atom stereocenters. The number of H-pyrrole nitrogens is 1. The Bertz CT molecular complexity index is 569. The van der Waals surface area contributed by atoms with E-state index in [2.05, 4.69) is 15.1 Å². The minimum atomic E-state index is -0.0855. The third-order valence-corrected chi connectivity index (χ3v) is 3.50. The molecule has 1 aliphatic heterocycles. The van der Waals surface area contributed by atoms with Crippen molar-refractivity contribution in [2.45, 2.75) is 6.54 Å². The zero-order valence-electron chi connectivity index (χ0n) is 11.1. The Morgan fingerprint density at radius 2 is 2.20 bits per heavy atom. The highest BCUT2D eigenvalue weighted by Gasteiger charge is 2.24. The van der Waals surface area contributed by atoms with Crippen LogP contribution in [0.15, 0.2) is 29.0 Å². The first kappa shape index (κ1) is 12.7. The van der Waals surface area contributed by atoms with Gasteiger partial charge >= 0.3 is 0 Å². The second-order valence-corrected chi connectivity index (χ2v) is 4.85. The number of rotatable bonds is 3. The van der Waals surface area contributed by atoms with E-state index in [0.29, 0.717) is 24.5 Å². The number of anilines is 1. The molecule has 1 amide bonds. The van der Waals surface area contributed by atoms with E-state index in [1.165, 1.54) is 6.20 Å². The molecule has 3 heterocycles. The lowest BCUT2D eigenvalue weighted by Crippen LogP contribution is -2.48. The SMILES string of the molecule is Nc1cn[nH]c1C(=O)N1CCN(Cc2ccco2)CC1. The fourth-order valence-electron chi connectivity index (χ4n) is 2.36. The highest BCUT2D eigenvalue weighted by atomic mass is 16.3. The highest BCUT2D eigenvalue weighted by molar-refractivity contribution is 5.97. The van der Waals surface area contributed by atoms with E-state index in [4.69, 9.17) is 10.2 Å². The summed E-state index contributed by atoms with van der Waals surface area (Å²) in [5.74, 6) is 0.861. The molecule has 106 valence electrons.